The van der Waals surface area contributed by atoms with Gasteiger partial charge in [0.1, 0.15) is 17.3 Å². The van der Waals surface area contributed by atoms with E-state index >= 15 is 0 Å². The van der Waals surface area contributed by atoms with Crippen LogP contribution in [-0.4, -0.2) is 36.3 Å². The van der Waals surface area contributed by atoms with Crippen molar-refractivity contribution in [1.29, 1.82) is 0 Å². The van der Waals surface area contributed by atoms with Crippen molar-refractivity contribution < 1.29 is 28.2 Å². The van der Waals surface area contributed by atoms with Gasteiger partial charge in [0.25, 0.3) is 5.56 Å². The number of thiazole rings is 1. The normalized spacial score (nSPS) is 14.8. The number of esters is 2. The number of benzene rings is 2. The lowest BCUT2D eigenvalue weighted by atomic mass is 9.96. The monoisotopic (exact) mass is 614 g/mol. The number of carbonyl (C=O) groups is 2. The Morgan fingerprint density at radius 2 is 1.77 bits per heavy atom. The molecule has 0 saturated heterocycles. The Morgan fingerprint density at radius 1 is 1.05 bits per heavy atom. The first-order valence-corrected chi connectivity index (χ1v) is 15.3. The summed E-state index contributed by atoms with van der Waals surface area (Å²) in [6.07, 6.45) is 3.11. The average Bonchev–Trinajstić information content (AvgIpc) is 3.60. The van der Waals surface area contributed by atoms with Crippen LogP contribution in [0.4, 0.5) is 0 Å². The molecule has 0 aliphatic carbocycles. The molecule has 0 bridgehead atoms. The van der Waals surface area contributed by atoms with Crippen LogP contribution in [0.3, 0.4) is 0 Å². The molecule has 0 spiro atoms. The van der Waals surface area contributed by atoms with Gasteiger partial charge in [-0.1, -0.05) is 48.9 Å². The molecule has 228 valence electrons. The van der Waals surface area contributed by atoms with Crippen LogP contribution in [0.1, 0.15) is 68.3 Å². The summed E-state index contributed by atoms with van der Waals surface area (Å²) in [6.45, 7) is 7.74. The Hall–Kier alpha value is -4.70. The van der Waals surface area contributed by atoms with E-state index in [1.54, 1.807) is 76.4 Å². The van der Waals surface area contributed by atoms with Crippen molar-refractivity contribution in [3.8, 4) is 17.1 Å². The maximum atomic E-state index is 13.9. The number of rotatable bonds is 10. The van der Waals surface area contributed by atoms with Gasteiger partial charge in [-0.2, -0.15) is 0 Å². The summed E-state index contributed by atoms with van der Waals surface area (Å²) < 4.78 is 24.1. The number of carbonyl (C=O) groups excluding carboxylic acids is 2. The van der Waals surface area contributed by atoms with Crippen LogP contribution in [0, 0.1) is 0 Å². The molecule has 0 unspecified atom stereocenters. The second kappa shape index (κ2) is 13.3. The molecule has 0 saturated carbocycles. The predicted octanol–water partition coefficient (Wildman–Crippen LogP) is 5.41. The van der Waals surface area contributed by atoms with E-state index < -0.39 is 12.0 Å². The molecule has 4 aromatic rings. The number of nitrogens with zero attached hydrogens (tertiary/aromatic N) is 2. The molecule has 5 rings (SSSR count). The van der Waals surface area contributed by atoms with Gasteiger partial charge in [0.15, 0.2) is 4.80 Å². The fourth-order valence-electron chi connectivity index (χ4n) is 4.84. The minimum absolute atomic E-state index is 0.305. The third-order valence-corrected chi connectivity index (χ3v) is 8.04. The molecule has 9 nitrogen and oxygen atoms in total. The number of methoxy groups -OCH3 is 1. The molecule has 1 atom stereocenters. The molecule has 1 aliphatic rings. The maximum Gasteiger partial charge on any atom is 0.338 e. The highest BCUT2D eigenvalue weighted by atomic mass is 32.1. The standard InChI is InChI=1S/C34H34N2O7S/c1-6-7-18-41-32(38)24-10-8-22(9-11-24)27-17-16-26(43-27)19-28-31(37)36-30(23-12-14-25(40-5)15-13-23)29(33(39)42-20(2)3)21(4)35-34(36)44-28/h8-17,19-20,30H,6-7,18H2,1-5H3/b28-19-/t30-/m1/s1. The summed E-state index contributed by atoms with van der Waals surface area (Å²) >= 11 is 1.22. The number of fused-ring (bicyclic) bond motifs is 1. The molecule has 0 amide bonds. The quantitative estimate of drug-likeness (QED) is 0.174. The predicted molar refractivity (Wildman–Crippen MR) is 167 cm³/mol. The zero-order valence-corrected chi connectivity index (χ0v) is 26.1. The Labute approximate surface area is 258 Å². The third kappa shape index (κ3) is 6.45. The van der Waals surface area contributed by atoms with Crippen LogP contribution in [0.25, 0.3) is 17.4 Å². The van der Waals surface area contributed by atoms with Crippen molar-refractivity contribution in [3.05, 3.63) is 109 Å². The summed E-state index contributed by atoms with van der Waals surface area (Å²) in [7, 11) is 1.58. The van der Waals surface area contributed by atoms with E-state index in [0.717, 1.165) is 24.0 Å². The van der Waals surface area contributed by atoms with Crippen LogP contribution in [-0.2, 0) is 14.3 Å². The number of furan rings is 1. The largest absolute Gasteiger partial charge is 0.497 e. The van der Waals surface area contributed by atoms with Crippen LogP contribution in [0.2, 0.25) is 0 Å². The minimum atomic E-state index is -0.732. The van der Waals surface area contributed by atoms with E-state index in [2.05, 4.69) is 4.99 Å². The molecule has 0 fully saturated rings. The highest BCUT2D eigenvalue weighted by Crippen LogP contribution is 2.32. The van der Waals surface area contributed by atoms with Crippen molar-refractivity contribution in [2.45, 2.75) is 52.7 Å². The minimum Gasteiger partial charge on any atom is -0.497 e. The van der Waals surface area contributed by atoms with Crippen molar-refractivity contribution in [1.82, 2.24) is 4.57 Å². The summed E-state index contributed by atoms with van der Waals surface area (Å²) in [5.41, 5.74) is 2.46. The Bertz CT molecular complexity index is 1880. The topological polar surface area (TPSA) is 109 Å². The van der Waals surface area contributed by atoms with E-state index in [4.69, 9.17) is 18.6 Å². The van der Waals surface area contributed by atoms with Crippen LogP contribution in [0.5, 0.6) is 5.75 Å². The lowest BCUT2D eigenvalue weighted by Gasteiger charge is -2.25. The van der Waals surface area contributed by atoms with E-state index in [9.17, 15) is 14.4 Å². The maximum absolute atomic E-state index is 13.9. The van der Waals surface area contributed by atoms with Gasteiger partial charge in [0.2, 0.25) is 0 Å². The number of hydrogen-bond acceptors (Lipinski definition) is 9. The van der Waals surface area contributed by atoms with Gasteiger partial charge in [-0.3, -0.25) is 9.36 Å². The second-order valence-corrected chi connectivity index (χ2v) is 11.6. The molecular formula is C34H34N2O7S. The van der Waals surface area contributed by atoms with Gasteiger partial charge in [-0.15, -0.1) is 0 Å². The SMILES string of the molecule is CCCCOC(=O)c1ccc(-c2ccc(/C=c3\sc4n(c3=O)[C@H](c3ccc(OC)cc3)C(C(=O)OC(C)C)=C(C)N=4)o2)cc1. The Balaban J connectivity index is 1.49. The van der Waals surface area contributed by atoms with Crippen LogP contribution >= 0.6 is 11.3 Å². The molecular weight excluding hydrogens is 580 g/mol. The smallest absolute Gasteiger partial charge is 0.338 e. The van der Waals surface area contributed by atoms with Gasteiger partial charge >= 0.3 is 11.9 Å². The molecule has 1 aliphatic heterocycles. The lowest BCUT2D eigenvalue weighted by molar-refractivity contribution is -0.143. The van der Waals surface area contributed by atoms with Crippen molar-refractivity contribution >= 4 is 29.4 Å². The summed E-state index contributed by atoms with van der Waals surface area (Å²) in [6, 6.07) is 17.1. The Morgan fingerprint density at radius 3 is 2.43 bits per heavy atom. The average molecular weight is 615 g/mol. The molecule has 2 aromatic heterocycles. The molecule has 10 heteroatoms. The Kier molecular flexibility index (Phi) is 9.29. The number of hydrogen-bond donors (Lipinski definition) is 0. The first-order chi connectivity index (χ1) is 21.2. The number of aromatic nitrogens is 1. The number of allylic oxidation sites excluding steroid dienone is 1. The van der Waals surface area contributed by atoms with Crippen molar-refractivity contribution in [2.75, 3.05) is 13.7 Å². The molecule has 2 aromatic carbocycles. The second-order valence-electron chi connectivity index (χ2n) is 10.6. The molecule has 44 heavy (non-hydrogen) atoms. The highest BCUT2D eigenvalue weighted by Gasteiger charge is 2.33. The number of ether oxygens (including phenoxy) is 3. The fourth-order valence-corrected chi connectivity index (χ4v) is 5.87. The van der Waals surface area contributed by atoms with Crippen molar-refractivity contribution in [2.24, 2.45) is 4.99 Å². The van der Waals surface area contributed by atoms with E-state index in [1.165, 1.54) is 15.9 Å². The molecule has 3 heterocycles. The first-order valence-electron chi connectivity index (χ1n) is 14.4. The molecule has 0 radical (unpaired) electrons. The van der Waals surface area contributed by atoms with Gasteiger partial charge in [0.05, 0.1) is 47.2 Å². The van der Waals surface area contributed by atoms with Gasteiger partial charge < -0.3 is 18.6 Å². The van der Waals surface area contributed by atoms with Gasteiger partial charge in [-0.25, -0.2) is 14.6 Å². The van der Waals surface area contributed by atoms with Crippen LogP contribution in [0.15, 0.2) is 86.1 Å². The van der Waals surface area contributed by atoms with Crippen LogP contribution < -0.4 is 19.6 Å². The highest BCUT2D eigenvalue weighted by molar-refractivity contribution is 7.07. The summed E-state index contributed by atoms with van der Waals surface area (Å²) in [5, 5.41) is 0. The number of unbranched alkanes of at least 4 members (excludes halogenated alkanes) is 1. The fraction of sp³-hybridized carbons (Fsp3) is 0.294. The van der Waals surface area contributed by atoms with E-state index in [1.807, 2.05) is 25.1 Å². The van der Waals surface area contributed by atoms with E-state index in [-0.39, 0.29) is 17.6 Å². The molecule has 0 N–H and O–H groups in total. The van der Waals surface area contributed by atoms with E-state index in [0.29, 0.717) is 50.0 Å². The third-order valence-electron chi connectivity index (χ3n) is 7.05. The zero-order chi connectivity index (χ0) is 31.4. The zero-order valence-electron chi connectivity index (χ0n) is 25.3. The van der Waals surface area contributed by atoms with Gasteiger partial charge in [0, 0.05) is 11.6 Å². The lowest BCUT2D eigenvalue weighted by Crippen LogP contribution is -2.40. The summed E-state index contributed by atoms with van der Waals surface area (Å²) in [4.78, 5) is 44.5. The summed E-state index contributed by atoms with van der Waals surface area (Å²) in [5.74, 6) is 0.838. The first kappa shape index (κ1) is 30.7. The van der Waals surface area contributed by atoms with Gasteiger partial charge in [-0.05, 0) is 69.2 Å². The van der Waals surface area contributed by atoms with Crippen molar-refractivity contribution in [3.63, 3.8) is 0 Å².